The molecule has 3 aliphatic heterocycles. The molecule has 5 aromatic rings. The standard InChI is InChI=1S/C36H37FN6O4/c1-40-15-17-42(18-16-40)13-6-9-39-36(45)26-22-43-28-21-30-24(23-7-2-3-8-29(23)46-30)20-31(28)47-35-32(38-10-14-41-11-4-5-12-41)27(37)19-25(33(35)43)34(26)44/h2-3,6-8,13,19-22,38H,4-5,9-12,14-18H2,1H3,(H,39,45)/b13-6+. The Morgan fingerprint density at radius 3 is 2.62 bits per heavy atom. The number of carbonyl (C=O) groups excluding carboxylic acids is 1. The molecular weight excluding hydrogens is 599 g/mol. The topological polar surface area (TPSA) is 95.2 Å². The summed E-state index contributed by atoms with van der Waals surface area (Å²) in [5.74, 6) is -0.448. The second kappa shape index (κ2) is 12.1. The molecule has 0 unspecified atom stereocenters. The van der Waals surface area contributed by atoms with Crippen LogP contribution in [0.15, 0.2) is 70.1 Å². The summed E-state index contributed by atoms with van der Waals surface area (Å²) in [5.41, 5.74) is 1.91. The van der Waals surface area contributed by atoms with Crippen LogP contribution in [0.1, 0.15) is 23.2 Å². The summed E-state index contributed by atoms with van der Waals surface area (Å²) in [6, 6.07) is 12.7. The van der Waals surface area contributed by atoms with Crippen LogP contribution in [0.5, 0.6) is 11.5 Å². The zero-order valence-corrected chi connectivity index (χ0v) is 26.4. The number of nitrogens with one attached hydrogen (secondary N) is 2. The van der Waals surface area contributed by atoms with Crippen LogP contribution in [0.2, 0.25) is 0 Å². The first-order valence-electron chi connectivity index (χ1n) is 16.3. The molecule has 0 spiro atoms. The number of carbonyl (C=O) groups is 1. The van der Waals surface area contributed by atoms with Crippen LogP contribution in [0.4, 0.5) is 10.1 Å². The number of benzene rings is 3. The molecule has 2 fully saturated rings. The van der Waals surface area contributed by atoms with Gasteiger partial charge in [-0.05, 0) is 63.5 Å². The molecule has 8 rings (SSSR count). The maximum atomic E-state index is 15.9. The summed E-state index contributed by atoms with van der Waals surface area (Å²) < 4.78 is 30.3. The van der Waals surface area contributed by atoms with E-state index in [1.54, 1.807) is 4.57 Å². The van der Waals surface area contributed by atoms with Crippen LogP contribution in [0.25, 0.3) is 38.5 Å². The van der Waals surface area contributed by atoms with Crippen LogP contribution < -0.4 is 20.8 Å². The van der Waals surface area contributed by atoms with Crippen LogP contribution in [0, 0.1) is 5.82 Å². The summed E-state index contributed by atoms with van der Waals surface area (Å²) in [6.07, 6.45) is 7.74. The number of hydrogen-bond donors (Lipinski definition) is 2. The van der Waals surface area contributed by atoms with Gasteiger partial charge in [0.15, 0.2) is 17.3 Å². The fraction of sp³-hybridized carbons (Fsp3) is 0.333. The van der Waals surface area contributed by atoms with E-state index in [-0.39, 0.29) is 28.9 Å². The number of anilines is 1. The van der Waals surface area contributed by atoms with Crippen molar-refractivity contribution in [1.82, 2.24) is 24.6 Å². The Morgan fingerprint density at radius 2 is 1.79 bits per heavy atom. The predicted octanol–water partition coefficient (Wildman–Crippen LogP) is 5.13. The molecule has 0 bridgehead atoms. The van der Waals surface area contributed by atoms with Gasteiger partial charge in [0.05, 0.1) is 11.1 Å². The molecule has 0 atom stereocenters. The Morgan fingerprint density at radius 1 is 0.979 bits per heavy atom. The third-order valence-electron chi connectivity index (χ3n) is 9.53. The number of ether oxygens (including phenoxy) is 1. The average molecular weight is 637 g/mol. The average Bonchev–Trinajstić information content (AvgIpc) is 3.73. The molecule has 0 saturated carbocycles. The molecule has 2 aromatic heterocycles. The highest BCUT2D eigenvalue weighted by Crippen LogP contribution is 2.47. The predicted molar refractivity (Wildman–Crippen MR) is 182 cm³/mol. The van der Waals surface area contributed by atoms with Gasteiger partial charge in [-0.15, -0.1) is 0 Å². The lowest BCUT2D eigenvalue weighted by Gasteiger charge is -2.31. The molecule has 10 nitrogen and oxygen atoms in total. The van der Waals surface area contributed by atoms with Gasteiger partial charge < -0.3 is 39.1 Å². The molecule has 3 aromatic carbocycles. The molecule has 11 heteroatoms. The van der Waals surface area contributed by atoms with Crippen molar-refractivity contribution >= 4 is 44.4 Å². The lowest BCUT2D eigenvalue weighted by Crippen LogP contribution is -2.41. The van der Waals surface area contributed by atoms with Gasteiger partial charge >= 0.3 is 0 Å². The number of hydrogen-bond acceptors (Lipinski definition) is 8. The van der Waals surface area contributed by atoms with E-state index < -0.39 is 17.2 Å². The van der Waals surface area contributed by atoms with Crippen molar-refractivity contribution in [2.45, 2.75) is 12.8 Å². The quantitative estimate of drug-likeness (QED) is 0.238. The van der Waals surface area contributed by atoms with Crippen LogP contribution in [-0.2, 0) is 0 Å². The summed E-state index contributed by atoms with van der Waals surface area (Å²) in [6.45, 7) is 7.39. The number of para-hydroxylation sites is 1. The molecule has 1 amide bonds. The van der Waals surface area contributed by atoms with Gasteiger partial charge in [-0.25, -0.2) is 4.39 Å². The Labute approximate surface area is 271 Å². The van der Waals surface area contributed by atoms with Crippen molar-refractivity contribution in [3.63, 3.8) is 0 Å². The number of nitrogens with zero attached hydrogens (tertiary/aromatic N) is 4. The number of fused-ring (bicyclic) bond motifs is 5. The number of likely N-dealkylation sites (N-methyl/N-ethyl adjacent to an activating group) is 1. The number of aromatic nitrogens is 1. The minimum absolute atomic E-state index is 0.0681. The molecule has 2 saturated heterocycles. The fourth-order valence-corrected chi connectivity index (χ4v) is 6.93. The van der Waals surface area contributed by atoms with E-state index in [9.17, 15) is 9.59 Å². The molecule has 3 aliphatic rings. The summed E-state index contributed by atoms with van der Waals surface area (Å²) >= 11 is 0. The summed E-state index contributed by atoms with van der Waals surface area (Å²) in [5, 5.41) is 7.96. The second-order valence-corrected chi connectivity index (χ2v) is 12.6. The van der Waals surface area contributed by atoms with E-state index in [4.69, 9.17) is 9.15 Å². The van der Waals surface area contributed by atoms with E-state index in [0.29, 0.717) is 29.1 Å². The van der Waals surface area contributed by atoms with Crippen molar-refractivity contribution < 1.29 is 18.3 Å². The smallest absolute Gasteiger partial charge is 0.257 e. The van der Waals surface area contributed by atoms with Gasteiger partial charge in [-0.3, -0.25) is 9.59 Å². The summed E-state index contributed by atoms with van der Waals surface area (Å²) in [4.78, 5) is 34.2. The number of likely N-dealkylation sites (tertiary alicyclic amines) is 1. The Balaban J connectivity index is 1.19. The SMILES string of the molecule is CN1CCN(/C=C/CNC(=O)c2cn3c4c(c(NCCN5CCCC5)c(F)cc4c2=O)Oc2cc4c(cc2-3)oc2ccccc24)CC1. The molecule has 0 aliphatic carbocycles. The normalized spacial score (nSPS) is 16.8. The largest absolute Gasteiger partial charge is 0.456 e. The number of halogens is 1. The van der Waals surface area contributed by atoms with Crippen molar-refractivity contribution in [2.24, 2.45) is 0 Å². The lowest BCUT2D eigenvalue weighted by molar-refractivity contribution is 0.0956. The minimum atomic E-state index is -0.608. The number of pyridine rings is 1. The van der Waals surface area contributed by atoms with Crippen LogP contribution in [0.3, 0.4) is 0 Å². The third-order valence-corrected chi connectivity index (χ3v) is 9.53. The molecule has 47 heavy (non-hydrogen) atoms. The molecular formula is C36H37FN6O4. The van der Waals surface area contributed by atoms with Crippen molar-refractivity contribution in [1.29, 1.82) is 0 Å². The number of piperazine rings is 1. The van der Waals surface area contributed by atoms with E-state index in [1.807, 2.05) is 48.7 Å². The van der Waals surface area contributed by atoms with Gasteiger partial charge in [-0.2, -0.15) is 0 Å². The van der Waals surface area contributed by atoms with Gasteiger partial charge in [0.25, 0.3) is 5.91 Å². The Hall–Kier alpha value is -4.87. The Bertz CT molecular complexity index is 2110. The van der Waals surface area contributed by atoms with Crippen LogP contribution >= 0.6 is 0 Å². The van der Waals surface area contributed by atoms with Crippen molar-refractivity contribution in [3.05, 3.63) is 82.5 Å². The van der Waals surface area contributed by atoms with Gasteiger partial charge in [0, 0.05) is 68.8 Å². The molecule has 242 valence electrons. The molecule has 0 radical (unpaired) electrons. The van der Waals surface area contributed by atoms with Gasteiger partial charge in [-0.1, -0.05) is 18.2 Å². The first-order chi connectivity index (χ1) is 22.9. The molecule has 2 N–H and O–H groups in total. The first kappa shape index (κ1) is 29.5. The number of amides is 1. The van der Waals surface area contributed by atoms with E-state index in [0.717, 1.165) is 62.2 Å². The monoisotopic (exact) mass is 636 g/mol. The number of furan rings is 1. The second-order valence-electron chi connectivity index (χ2n) is 12.6. The zero-order chi connectivity index (χ0) is 32.1. The third kappa shape index (κ3) is 5.39. The maximum Gasteiger partial charge on any atom is 0.257 e. The highest BCUT2D eigenvalue weighted by Gasteiger charge is 2.29. The maximum absolute atomic E-state index is 15.9. The molecule has 5 heterocycles. The minimum Gasteiger partial charge on any atom is -0.456 e. The van der Waals surface area contributed by atoms with Crippen molar-refractivity contribution in [2.75, 3.05) is 71.3 Å². The van der Waals surface area contributed by atoms with Gasteiger partial charge in [0.2, 0.25) is 5.43 Å². The fourth-order valence-electron chi connectivity index (χ4n) is 6.93. The van der Waals surface area contributed by atoms with Crippen LogP contribution in [-0.4, -0.2) is 91.1 Å². The van der Waals surface area contributed by atoms with E-state index >= 15 is 4.39 Å². The zero-order valence-electron chi connectivity index (χ0n) is 26.4. The highest BCUT2D eigenvalue weighted by molar-refractivity contribution is 6.07. The number of rotatable bonds is 8. The highest BCUT2D eigenvalue weighted by atomic mass is 19.1. The Kier molecular flexibility index (Phi) is 7.57. The van der Waals surface area contributed by atoms with E-state index in [1.165, 1.54) is 25.1 Å². The van der Waals surface area contributed by atoms with Crippen molar-refractivity contribution in [3.8, 4) is 17.2 Å². The summed E-state index contributed by atoms with van der Waals surface area (Å²) in [7, 11) is 2.10. The van der Waals surface area contributed by atoms with Gasteiger partial charge in [0.1, 0.15) is 27.9 Å². The lowest BCUT2D eigenvalue weighted by atomic mass is 10.0. The first-order valence-corrected chi connectivity index (χ1v) is 16.3. The van der Waals surface area contributed by atoms with E-state index in [2.05, 4.69) is 32.4 Å².